The van der Waals surface area contributed by atoms with E-state index >= 15 is 0 Å². The lowest BCUT2D eigenvalue weighted by Gasteiger charge is -2.35. The number of nitrogens with zero attached hydrogens (tertiary/aromatic N) is 1. The average Bonchev–Trinajstić information content (AvgIpc) is 2.57. The van der Waals surface area contributed by atoms with Gasteiger partial charge < -0.3 is 15.2 Å². The third-order valence-corrected chi connectivity index (χ3v) is 4.80. The van der Waals surface area contributed by atoms with Crippen molar-refractivity contribution in [3.05, 3.63) is 28.2 Å². The van der Waals surface area contributed by atoms with Gasteiger partial charge in [-0.15, -0.1) is 0 Å². The van der Waals surface area contributed by atoms with Gasteiger partial charge in [-0.2, -0.15) is 0 Å². The van der Waals surface area contributed by atoms with Crippen LogP contribution in [0, 0.1) is 0 Å². The van der Waals surface area contributed by atoms with Crippen molar-refractivity contribution in [3.8, 4) is 0 Å². The number of piperidine rings is 1. The number of ether oxygens (including phenoxy) is 1. The fraction of sp³-hybridized carbons (Fsp3) is 0.588. The second-order valence-electron chi connectivity index (χ2n) is 5.97. The summed E-state index contributed by atoms with van der Waals surface area (Å²) in [5.41, 5.74) is 0.570. The molecule has 0 aliphatic carbocycles. The van der Waals surface area contributed by atoms with E-state index in [0.717, 1.165) is 25.9 Å². The highest BCUT2D eigenvalue weighted by atomic mass is 35.5. The molecule has 1 saturated heterocycles. The van der Waals surface area contributed by atoms with Crippen LogP contribution < -0.4 is 5.32 Å². The Morgan fingerprint density at radius 3 is 2.75 bits per heavy atom. The average molecular weight is 375 g/mol. The number of hydrogen-bond acceptors (Lipinski definition) is 4. The maximum atomic E-state index is 12.4. The molecule has 1 aliphatic heterocycles. The number of benzene rings is 1. The Kier molecular flexibility index (Phi) is 7.78. The molecule has 2 rings (SSSR count). The van der Waals surface area contributed by atoms with E-state index in [1.165, 1.54) is 0 Å². The quantitative estimate of drug-likeness (QED) is 0.719. The van der Waals surface area contributed by atoms with Crippen LogP contribution in [0.5, 0.6) is 0 Å². The molecule has 2 N–H and O–H groups in total. The van der Waals surface area contributed by atoms with E-state index in [-0.39, 0.29) is 24.7 Å². The molecule has 0 bridgehead atoms. The topological polar surface area (TPSA) is 61.8 Å². The number of halogens is 2. The minimum atomic E-state index is -0.241. The number of hydrogen-bond donors (Lipinski definition) is 2. The lowest BCUT2D eigenvalue weighted by atomic mass is 10.1. The maximum absolute atomic E-state index is 12.4. The maximum Gasteiger partial charge on any atom is 0.241 e. The zero-order valence-corrected chi connectivity index (χ0v) is 15.3. The molecule has 0 aromatic heterocycles. The molecule has 1 aromatic carbocycles. The van der Waals surface area contributed by atoms with Crippen LogP contribution in [0.1, 0.15) is 26.2 Å². The highest BCUT2D eigenvalue weighted by Gasteiger charge is 2.27. The Morgan fingerprint density at radius 1 is 1.42 bits per heavy atom. The standard InChI is InChI=1S/C17H24Cl2N2O3/c1-12(17(23)20-16-4-3-13(18)11-15(16)19)21-7-5-14(6-8-21)24-10-2-9-22/h3-4,11-12,14,22H,2,5-10H2,1H3,(H,20,23). The molecule has 1 aromatic rings. The summed E-state index contributed by atoms with van der Waals surface area (Å²) in [6.45, 7) is 4.27. The van der Waals surface area contributed by atoms with E-state index in [0.29, 0.717) is 28.8 Å². The van der Waals surface area contributed by atoms with Crippen LogP contribution >= 0.6 is 23.2 Å². The third kappa shape index (κ3) is 5.60. The van der Waals surface area contributed by atoms with Gasteiger partial charge in [-0.1, -0.05) is 23.2 Å². The normalized spacial score (nSPS) is 17.7. The first kappa shape index (κ1) is 19.5. The van der Waals surface area contributed by atoms with Gasteiger partial charge in [0.1, 0.15) is 0 Å². The zero-order valence-electron chi connectivity index (χ0n) is 13.8. The summed E-state index contributed by atoms with van der Waals surface area (Å²) < 4.78 is 5.72. The summed E-state index contributed by atoms with van der Waals surface area (Å²) in [4.78, 5) is 14.6. The second-order valence-corrected chi connectivity index (χ2v) is 6.82. The molecule has 7 heteroatoms. The summed E-state index contributed by atoms with van der Waals surface area (Å²) in [6, 6.07) is 4.77. The monoisotopic (exact) mass is 374 g/mol. The molecule has 1 unspecified atom stereocenters. The van der Waals surface area contributed by atoms with Gasteiger partial charge in [0.05, 0.1) is 22.9 Å². The Morgan fingerprint density at radius 2 is 2.12 bits per heavy atom. The number of nitrogens with one attached hydrogen (secondary N) is 1. The lowest BCUT2D eigenvalue weighted by molar-refractivity contribution is -0.121. The van der Waals surface area contributed by atoms with Crippen molar-refractivity contribution >= 4 is 34.8 Å². The molecule has 0 radical (unpaired) electrons. The SMILES string of the molecule is CC(C(=O)Nc1ccc(Cl)cc1Cl)N1CCC(OCCCO)CC1. The summed E-state index contributed by atoms with van der Waals surface area (Å²) >= 11 is 12.0. The van der Waals surface area contributed by atoms with Gasteiger partial charge in [-0.25, -0.2) is 0 Å². The molecule has 5 nitrogen and oxygen atoms in total. The molecule has 134 valence electrons. The molecule has 1 amide bonds. The Bertz CT molecular complexity index is 549. The lowest BCUT2D eigenvalue weighted by Crippen LogP contribution is -2.47. The second kappa shape index (κ2) is 9.59. The summed E-state index contributed by atoms with van der Waals surface area (Å²) in [5, 5.41) is 12.6. The molecular weight excluding hydrogens is 351 g/mol. The smallest absolute Gasteiger partial charge is 0.241 e. The van der Waals surface area contributed by atoms with Gasteiger partial charge in [0.15, 0.2) is 0 Å². The van der Waals surface area contributed by atoms with Gasteiger partial charge in [-0.05, 0) is 44.4 Å². The van der Waals surface area contributed by atoms with Gasteiger partial charge in [0, 0.05) is 31.3 Å². The van der Waals surface area contributed by atoms with Crippen LogP contribution in [-0.2, 0) is 9.53 Å². The van der Waals surface area contributed by atoms with Crippen LogP contribution in [0.2, 0.25) is 10.0 Å². The van der Waals surface area contributed by atoms with Gasteiger partial charge in [-0.3, -0.25) is 9.69 Å². The zero-order chi connectivity index (χ0) is 17.5. The van der Waals surface area contributed by atoms with E-state index in [1.807, 2.05) is 6.92 Å². The van der Waals surface area contributed by atoms with Crippen molar-refractivity contribution < 1.29 is 14.6 Å². The highest BCUT2D eigenvalue weighted by Crippen LogP contribution is 2.26. The van der Waals surface area contributed by atoms with Crippen LogP contribution in [0.4, 0.5) is 5.69 Å². The van der Waals surface area contributed by atoms with E-state index in [1.54, 1.807) is 18.2 Å². The van der Waals surface area contributed by atoms with Crippen LogP contribution in [0.25, 0.3) is 0 Å². The summed E-state index contributed by atoms with van der Waals surface area (Å²) in [7, 11) is 0. The summed E-state index contributed by atoms with van der Waals surface area (Å²) in [5.74, 6) is -0.0844. The molecule has 24 heavy (non-hydrogen) atoms. The molecule has 1 heterocycles. The number of aliphatic hydroxyl groups excluding tert-OH is 1. The minimum Gasteiger partial charge on any atom is -0.396 e. The van der Waals surface area contributed by atoms with E-state index in [9.17, 15) is 4.79 Å². The van der Waals surface area contributed by atoms with E-state index < -0.39 is 0 Å². The van der Waals surface area contributed by atoms with Crippen molar-refractivity contribution in [3.63, 3.8) is 0 Å². The summed E-state index contributed by atoms with van der Waals surface area (Å²) in [6.07, 6.45) is 2.67. The van der Waals surface area contributed by atoms with E-state index in [2.05, 4.69) is 10.2 Å². The van der Waals surface area contributed by atoms with Crippen LogP contribution in [0.15, 0.2) is 18.2 Å². The van der Waals surface area contributed by atoms with Gasteiger partial charge in [0.25, 0.3) is 0 Å². The number of carbonyl (C=O) groups excluding carboxylic acids is 1. The minimum absolute atomic E-state index is 0.0844. The van der Waals surface area contributed by atoms with Crippen molar-refractivity contribution in [2.24, 2.45) is 0 Å². The van der Waals surface area contributed by atoms with Crippen LogP contribution in [-0.4, -0.2) is 54.4 Å². The first-order valence-electron chi connectivity index (χ1n) is 8.23. The first-order valence-corrected chi connectivity index (χ1v) is 8.99. The molecule has 1 atom stereocenters. The van der Waals surface area contributed by atoms with Crippen molar-refractivity contribution in [2.45, 2.75) is 38.3 Å². The van der Waals surface area contributed by atoms with Gasteiger partial charge in [0.2, 0.25) is 5.91 Å². The van der Waals surface area contributed by atoms with Crippen molar-refractivity contribution in [1.82, 2.24) is 4.90 Å². The number of amides is 1. The Balaban J connectivity index is 1.81. The molecule has 0 spiro atoms. The number of aliphatic hydroxyl groups is 1. The number of carbonyl (C=O) groups is 1. The molecular formula is C17H24Cl2N2O3. The highest BCUT2D eigenvalue weighted by molar-refractivity contribution is 6.36. The largest absolute Gasteiger partial charge is 0.396 e. The van der Waals surface area contributed by atoms with Gasteiger partial charge >= 0.3 is 0 Å². The predicted octanol–water partition coefficient (Wildman–Crippen LogP) is 3.18. The first-order chi connectivity index (χ1) is 11.5. The van der Waals surface area contributed by atoms with Crippen molar-refractivity contribution in [1.29, 1.82) is 0 Å². The fourth-order valence-electron chi connectivity index (χ4n) is 2.74. The fourth-order valence-corrected chi connectivity index (χ4v) is 3.19. The molecule has 1 fully saturated rings. The van der Waals surface area contributed by atoms with E-state index in [4.69, 9.17) is 33.0 Å². The third-order valence-electron chi connectivity index (χ3n) is 4.25. The number of anilines is 1. The predicted molar refractivity (Wildman–Crippen MR) is 96.8 cm³/mol. The molecule has 1 aliphatic rings. The number of rotatable bonds is 7. The van der Waals surface area contributed by atoms with Crippen LogP contribution in [0.3, 0.4) is 0 Å². The Hall–Kier alpha value is -0.850. The molecule has 0 saturated carbocycles. The Labute approximate surface area is 152 Å². The number of likely N-dealkylation sites (tertiary alicyclic amines) is 1. The van der Waals surface area contributed by atoms with Crippen molar-refractivity contribution in [2.75, 3.05) is 31.6 Å².